The molecular formula is C32H38N2O6. The summed E-state index contributed by atoms with van der Waals surface area (Å²) in [6.07, 6.45) is 5.70. The number of benzene rings is 3. The highest BCUT2D eigenvalue weighted by atomic mass is 16.5. The van der Waals surface area contributed by atoms with Crippen molar-refractivity contribution in [2.75, 3.05) is 34.5 Å². The third-order valence-corrected chi connectivity index (χ3v) is 7.07. The summed E-state index contributed by atoms with van der Waals surface area (Å²) in [6, 6.07) is 17.0. The van der Waals surface area contributed by atoms with Gasteiger partial charge in [0.05, 0.1) is 34.0 Å². The van der Waals surface area contributed by atoms with E-state index >= 15 is 0 Å². The van der Waals surface area contributed by atoms with Crippen LogP contribution in [-0.2, 0) is 12.8 Å². The second-order valence-electron chi connectivity index (χ2n) is 9.78. The summed E-state index contributed by atoms with van der Waals surface area (Å²) in [6.45, 7) is -0.0239. The smallest absolute Gasteiger partial charge is 0.251 e. The van der Waals surface area contributed by atoms with Gasteiger partial charge in [0.2, 0.25) is 5.75 Å². The largest absolute Gasteiger partial charge is 0.493 e. The molecule has 4 aromatic rings. The molecule has 212 valence electrons. The van der Waals surface area contributed by atoms with Gasteiger partial charge < -0.3 is 34.7 Å². The number of aliphatic hydroxyl groups is 2. The Balaban J connectivity index is 1.64. The lowest BCUT2D eigenvalue weighted by molar-refractivity contribution is 0.0916. The molecule has 4 rings (SSSR count). The minimum atomic E-state index is -0.454. The first-order valence-corrected chi connectivity index (χ1v) is 13.5. The first-order valence-electron chi connectivity index (χ1n) is 13.5. The van der Waals surface area contributed by atoms with Crippen LogP contribution in [0.15, 0.2) is 60.8 Å². The number of aromatic nitrogens is 1. The number of rotatable bonds is 14. The van der Waals surface area contributed by atoms with Crippen LogP contribution in [0.3, 0.4) is 0 Å². The number of hydrogen-bond acceptors (Lipinski definition) is 6. The van der Waals surface area contributed by atoms with Crippen LogP contribution >= 0.6 is 0 Å². The van der Waals surface area contributed by atoms with E-state index in [1.54, 1.807) is 21.3 Å². The highest BCUT2D eigenvalue weighted by molar-refractivity contribution is 5.96. The average molecular weight is 547 g/mol. The highest BCUT2D eigenvalue weighted by Crippen LogP contribution is 2.41. The SMILES string of the molecule is COc1cc(-c2cc(CCCCCO)cc(C(=O)N[C@@H](CO)Cc3c[nH]c4ccccc34)c2)cc(OC)c1OC. The van der Waals surface area contributed by atoms with E-state index in [1.165, 1.54) is 0 Å². The third-order valence-electron chi connectivity index (χ3n) is 7.07. The number of carbonyl (C=O) groups is 1. The molecule has 1 heterocycles. The van der Waals surface area contributed by atoms with Gasteiger partial charge in [-0.05, 0) is 78.3 Å². The number of amides is 1. The fourth-order valence-corrected chi connectivity index (χ4v) is 5.00. The summed E-state index contributed by atoms with van der Waals surface area (Å²) in [7, 11) is 4.70. The lowest BCUT2D eigenvalue weighted by Crippen LogP contribution is -2.39. The molecule has 0 fully saturated rings. The van der Waals surface area contributed by atoms with Crippen LogP contribution in [-0.4, -0.2) is 61.7 Å². The quantitative estimate of drug-likeness (QED) is 0.167. The van der Waals surface area contributed by atoms with Gasteiger partial charge in [-0.25, -0.2) is 0 Å². The normalized spacial score (nSPS) is 11.8. The van der Waals surface area contributed by atoms with E-state index in [0.717, 1.165) is 58.8 Å². The third kappa shape index (κ3) is 6.76. The van der Waals surface area contributed by atoms with E-state index < -0.39 is 6.04 Å². The Hall–Kier alpha value is -4.01. The summed E-state index contributed by atoms with van der Waals surface area (Å²) >= 11 is 0. The molecule has 3 aromatic carbocycles. The minimum Gasteiger partial charge on any atom is -0.493 e. The zero-order valence-corrected chi connectivity index (χ0v) is 23.3. The maximum Gasteiger partial charge on any atom is 0.251 e. The van der Waals surface area contributed by atoms with Crippen LogP contribution in [0.4, 0.5) is 0 Å². The molecule has 1 amide bonds. The zero-order valence-electron chi connectivity index (χ0n) is 23.3. The van der Waals surface area contributed by atoms with E-state index in [9.17, 15) is 9.90 Å². The predicted octanol–water partition coefficient (Wildman–Crippen LogP) is 4.90. The number of fused-ring (bicyclic) bond motifs is 1. The van der Waals surface area contributed by atoms with Gasteiger partial charge in [0.15, 0.2) is 11.5 Å². The number of carbonyl (C=O) groups excluding carboxylic acids is 1. The number of para-hydroxylation sites is 1. The molecule has 4 N–H and O–H groups in total. The fraction of sp³-hybridized carbons (Fsp3) is 0.344. The molecule has 0 saturated heterocycles. The molecule has 8 heteroatoms. The van der Waals surface area contributed by atoms with Gasteiger partial charge in [-0.2, -0.15) is 0 Å². The van der Waals surface area contributed by atoms with Gasteiger partial charge in [-0.1, -0.05) is 30.7 Å². The molecule has 0 aliphatic carbocycles. The van der Waals surface area contributed by atoms with Crippen LogP contribution in [0.5, 0.6) is 17.2 Å². The molecule has 40 heavy (non-hydrogen) atoms. The first-order chi connectivity index (χ1) is 19.5. The van der Waals surface area contributed by atoms with Crippen molar-refractivity contribution in [1.29, 1.82) is 0 Å². The van der Waals surface area contributed by atoms with Crippen molar-refractivity contribution in [3.8, 4) is 28.4 Å². The minimum absolute atomic E-state index is 0.165. The number of methoxy groups -OCH3 is 3. The first kappa shape index (κ1) is 29.0. The second-order valence-corrected chi connectivity index (χ2v) is 9.78. The van der Waals surface area contributed by atoms with Crippen molar-refractivity contribution in [3.63, 3.8) is 0 Å². The molecule has 0 aliphatic heterocycles. The number of aliphatic hydroxyl groups excluding tert-OH is 2. The summed E-state index contributed by atoms with van der Waals surface area (Å²) in [5, 5.41) is 23.4. The van der Waals surface area contributed by atoms with Crippen molar-refractivity contribution in [2.24, 2.45) is 0 Å². The summed E-state index contributed by atoms with van der Waals surface area (Å²) < 4.78 is 16.6. The van der Waals surface area contributed by atoms with Crippen molar-refractivity contribution in [2.45, 2.75) is 38.1 Å². The Kier molecular flexibility index (Phi) is 10.0. The van der Waals surface area contributed by atoms with Crippen molar-refractivity contribution >= 4 is 16.8 Å². The van der Waals surface area contributed by atoms with E-state index in [1.807, 2.05) is 54.7 Å². The van der Waals surface area contributed by atoms with E-state index in [-0.39, 0.29) is 19.1 Å². The highest BCUT2D eigenvalue weighted by Gasteiger charge is 2.19. The van der Waals surface area contributed by atoms with Crippen LogP contribution < -0.4 is 19.5 Å². The molecule has 1 aromatic heterocycles. The van der Waals surface area contributed by atoms with Crippen LogP contribution in [0.2, 0.25) is 0 Å². The summed E-state index contributed by atoms with van der Waals surface area (Å²) in [5.74, 6) is 1.28. The average Bonchev–Trinajstić information content (AvgIpc) is 3.40. The maximum atomic E-state index is 13.5. The maximum absolute atomic E-state index is 13.5. The van der Waals surface area contributed by atoms with Crippen LogP contribution in [0.25, 0.3) is 22.0 Å². The number of aromatic amines is 1. The molecule has 0 saturated carbocycles. The number of H-pyrrole nitrogens is 1. The second kappa shape index (κ2) is 13.9. The summed E-state index contributed by atoms with van der Waals surface area (Å²) in [4.78, 5) is 16.8. The number of nitrogens with one attached hydrogen (secondary N) is 2. The van der Waals surface area contributed by atoms with Crippen molar-refractivity contribution in [3.05, 3.63) is 77.5 Å². The number of aryl methyl sites for hydroxylation is 1. The Bertz CT molecular complexity index is 1410. The Morgan fingerprint density at radius 1 is 0.900 bits per heavy atom. The number of ether oxygens (including phenoxy) is 3. The molecule has 1 atom stereocenters. The van der Waals surface area contributed by atoms with Gasteiger partial charge >= 0.3 is 0 Å². The lowest BCUT2D eigenvalue weighted by atomic mass is 9.96. The summed E-state index contributed by atoms with van der Waals surface area (Å²) in [5.41, 5.74) is 5.21. The van der Waals surface area contributed by atoms with Gasteiger partial charge in [-0.15, -0.1) is 0 Å². The Labute approximate surface area is 234 Å². The van der Waals surface area contributed by atoms with Crippen LogP contribution in [0.1, 0.15) is 40.7 Å². The molecule has 0 aliphatic rings. The van der Waals surface area contributed by atoms with E-state index in [4.69, 9.17) is 19.3 Å². The molecule has 0 spiro atoms. The molecule has 0 bridgehead atoms. The van der Waals surface area contributed by atoms with Gasteiger partial charge in [0.25, 0.3) is 5.91 Å². The van der Waals surface area contributed by atoms with Crippen LogP contribution in [0, 0.1) is 0 Å². The van der Waals surface area contributed by atoms with Crippen molar-refractivity contribution < 1.29 is 29.2 Å². The monoisotopic (exact) mass is 546 g/mol. The number of hydrogen-bond donors (Lipinski definition) is 4. The van der Waals surface area contributed by atoms with Gasteiger partial charge in [0, 0.05) is 29.3 Å². The molecular weight excluding hydrogens is 508 g/mol. The Morgan fingerprint density at radius 3 is 2.30 bits per heavy atom. The standard InChI is InChI=1S/C32H38N2O6/c1-38-29-17-23(18-30(39-2)31(29)40-3)22-13-21(9-5-4-8-12-35)14-24(15-22)32(37)34-26(20-36)16-25-19-33-28-11-7-6-10-27(25)28/h6-7,10-11,13-15,17-19,26,33,35-36H,4-5,8-9,12,16,20H2,1-3H3,(H,34,37)/t26-/m1/s1. The van der Waals surface area contributed by atoms with Crippen molar-refractivity contribution in [1.82, 2.24) is 10.3 Å². The van der Waals surface area contributed by atoms with E-state index in [2.05, 4.69) is 16.4 Å². The topological polar surface area (TPSA) is 113 Å². The molecule has 8 nitrogen and oxygen atoms in total. The molecule has 0 radical (unpaired) electrons. The number of unbranched alkanes of at least 4 members (excludes halogenated alkanes) is 2. The van der Waals surface area contributed by atoms with E-state index in [0.29, 0.717) is 29.2 Å². The van der Waals surface area contributed by atoms with Gasteiger partial charge in [0.1, 0.15) is 0 Å². The Morgan fingerprint density at radius 2 is 1.62 bits per heavy atom. The predicted molar refractivity (Wildman–Crippen MR) is 157 cm³/mol. The lowest BCUT2D eigenvalue weighted by Gasteiger charge is -2.18. The molecule has 0 unspecified atom stereocenters. The fourth-order valence-electron chi connectivity index (χ4n) is 5.00. The van der Waals surface area contributed by atoms with Gasteiger partial charge in [-0.3, -0.25) is 4.79 Å². The zero-order chi connectivity index (χ0) is 28.5.